The van der Waals surface area contributed by atoms with Gasteiger partial charge in [0, 0.05) is 5.54 Å². The van der Waals surface area contributed by atoms with Crippen LogP contribution in [-0.4, -0.2) is 10.5 Å². The van der Waals surface area contributed by atoms with Gasteiger partial charge in [0.1, 0.15) is 11.4 Å². The fourth-order valence-electron chi connectivity index (χ4n) is 5.42. The van der Waals surface area contributed by atoms with Crippen LogP contribution in [0.5, 0.6) is 0 Å². The smallest absolute Gasteiger partial charge is 0.314 e. The zero-order valence-electron chi connectivity index (χ0n) is 12.0. The van der Waals surface area contributed by atoms with Gasteiger partial charge in [0.2, 0.25) is 0 Å². The Labute approximate surface area is 124 Å². The predicted molar refractivity (Wildman–Crippen MR) is 82.0 cm³/mol. The Morgan fingerprint density at radius 3 is 2.24 bits per heavy atom. The summed E-state index contributed by atoms with van der Waals surface area (Å²) in [6, 6.07) is 5.20. The van der Waals surface area contributed by atoms with Crippen LogP contribution in [0.4, 0.5) is 17.1 Å². The topological polar surface area (TPSA) is 81.2 Å². The molecule has 3 N–H and O–H groups in total. The molecule has 5 rings (SSSR count). The molecule has 5 heteroatoms. The molecule has 0 aromatic heterocycles. The Hall–Kier alpha value is -1.78. The molecule has 0 radical (unpaired) electrons. The molecule has 0 amide bonds. The summed E-state index contributed by atoms with van der Waals surface area (Å²) in [5, 5.41) is 14.9. The SMILES string of the molecule is Nc1cccc(NC23CC4CC(CC(C4)C2)C3)c1[N+](=O)[O-]. The van der Waals surface area contributed by atoms with E-state index in [2.05, 4.69) is 5.32 Å². The van der Waals surface area contributed by atoms with Gasteiger partial charge in [0.25, 0.3) is 0 Å². The lowest BCUT2D eigenvalue weighted by molar-refractivity contribution is -0.383. The molecule has 4 fully saturated rings. The van der Waals surface area contributed by atoms with E-state index in [1.54, 1.807) is 18.2 Å². The third-order valence-corrected chi connectivity index (χ3v) is 5.69. The third kappa shape index (κ3) is 2.06. The largest absolute Gasteiger partial charge is 0.393 e. The van der Waals surface area contributed by atoms with Crippen molar-refractivity contribution in [1.29, 1.82) is 0 Å². The lowest BCUT2D eigenvalue weighted by atomic mass is 9.53. The molecule has 1 aromatic carbocycles. The van der Waals surface area contributed by atoms with E-state index < -0.39 is 0 Å². The second-order valence-electron chi connectivity index (χ2n) is 7.32. The van der Waals surface area contributed by atoms with Crippen molar-refractivity contribution in [2.75, 3.05) is 11.1 Å². The first kappa shape index (κ1) is 12.9. The highest BCUT2D eigenvalue weighted by Gasteiger charge is 2.51. The van der Waals surface area contributed by atoms with E-state index in [4.69, 9.17) is 5.73 Å². The quantitative estimate of drug-likeness (QED) is 0.506. The van der Waals surface area contributed by atoms with Crippen LogP contribution >= 0.6 is 0 Å². The summed E-state index contributed by atoms with van der Waals surface area (Å²) in [6.45, 7) is 0. The van der Waals surface area contributed by atoms with Gasteiger partial charge in [-0.1, -0.05) is 6.07 Å². The minimum Gasteiger partial charge on any atom is -0.393 e. The number of nitrogen functional groups attached to an aromatic ring is 1. The zero-order valence-corrected chi connectivity index (χ0v) is 12.0. The second kappa shape index (κ2) is 4.36. The summed E-state index contributed by atoms with van der Waals surface area (Å²) < 4.78 is 0. The monoisotopic (exact) mass is 287 g/mol. The third-order valence-electron chi connectivity index (χ3n) is 5.69. The van der Waals surface area contributed by atoms with Crippen molar-refractivity contribution in [3.05, 3.63) is 28.3 Å². The molecule has 1 aromatic rings. The van der Waals surface area contributed by atoms with E-state index in [0.717, 1.165) is 37.0 Å². The molecule has 5 nitrogen and oxygen atoms in total. The number of nitrogens with zero attached hydrogens (tertiary/aromatic N) is 1. The summed E-state index contributed by atoms with van der Waals surface area (Å²) >= 11 is 0. The Kier molecular flexibility index (Phi) is 2.68. The molecule has 4 aliphatic carbocycles. The van der Waals surface area contributed by atoms with Gasteiger partial charge in [-0.15, -0.1) is 0 Å². The second-order valence-corrected chi connectivity index (χ2v) is 7.32. The molecular formula is C16H21N3O2. The number of anilines is 2. The van der Waals surface area contributed by atoms with Crippen LogP contribution in [0.2, 0.25) is 0 Å². The summed E-state index contributed by atoms with van der Waals surface area (Å²) in [5.41, 5.74) is 6.75. The first-order valence-electron chi connectivity index (χ1n) is 7.86. The molecule has 0 atom stereocenters. The highest BCUT2D eigenvalue weighted by atomic mass is 16.6. The van der Waals surface area contributed by atoms with Gasteiger partial charge in [-0.2, -0.15) is 0 Å². The average molecular weight is 287 g/mol. The van der Waals surface area contributed by atoms with E-state index in [1.165, 1.54) is 19.3 Å². The number of hydrogen-bond donors (Lipinski definition) is 2. The number of hydrogen-bond acceptors (Lipinski definition) is 4. The van der Waals surface area contributed by atoms with E-state index in [0.29, 0.717) is 5.69 Å². The van der Waals surface area contributed by atoms with Crippen LogP contribution in [-0.2, 0) is 0 Å². The van der Waals surface area contributed by atoms with Gasteiger partial charge in [-0.25, -0.2) is 0 Å². The molecule has 0 heterocycles. The van der Waals surface area contributed by atoms with Crippen molar-refractivity contribution in [2.24, 2.45) is 17.8 Å². The maximum absolute atomic E-state index is 11.3. The number of nitrogens with one attached hydrogen (secondary N) is 1. The van der Waals surface area contributed by atoms with E-state index in [9.17, 15) is 10.1 Å². The number of nitro groups is 1. The molecule has 21 heavy (non-hydrogen) atoms. The Bertz CT molecular complexity index is 564. The molecule has 4 saturated carbocycles. The normalized spacial score (nSPS) is 36.7. The number of rotatable bonds is 3. The van der Waals surface area contributed by atoms with Crippen molar-refractivity contribution in [3.63, 3.8) is 0 Å². The van der Waals surface area contributed by atoms with Crippen LogP contribution in [0.3, 0.4) is 0 Å². The number of benzene rings is 1. The molecule has 0 spiro atoms. The molecule has 0 unspecified atom stereocenters. The highest BCUT2D eigenvalue weighted by Crippen LogP contribution is 2.57. The van der Waals surface area contributed by atoms with Crippen molar-refractivity contribution in [3.8, 4) is 0 Å². The van der Waals surface area contributed by atoms with Gasteiger partial charge >= 0.3 is 5.69 Å². The standard InChI is InChI=1S/C16H21N3O2/c17-13-2-1-3-14(15(13)19(20)21)18-16-7-10-4-11(8-16)6-12(5-10)9-16/h1-3,10-12,18H,4-9,17H2. The van der Waals surface area contributed by atoms with E-state index in [-0.39, 0.29) is 21.8 Å². The van der Waals surface area contributed by atoms with Crippen molar-refractivity contribution >= 4 is 17.1 Å². The van der Waals surface area contributed by atoms with E-state index >= 15 is 0 Å². The number of para-hydroxylation sites is 1. The highest BCUT2D eigenvalue weighted by molar-refractivity contribution is 5.75. The number of nitrogens with two attached hydrogens (primary N) is 1. The summed E-state index contributed by atoms with van der Waals surface area (Å²) in [7, 11) is 0. The van der Waals surface area contributed by atoms with Crippen LogP contribution in [0.25, 0.3) is 0 Å². The first-order chi connectivity index (χ1) is 10.0. The number of nitro benzene ring substituents is 1. The summed E-state index contributed by atoms with van der Waals surface area (Å²) in [4.78, 5) is 11.0. The Morgan fingerprint density at radius 1 is 1.14 bits per heavy atom. The molecule has 4 bridgehead atoms. The molecular weight excluding hydrogens is 266 g/mol. The van der Waals surface area contributed by atoms with Crippen LogP contribution in [0, 0.1) is 27.9 Å². The van der Waals surface area contributed by atoms with Crippen molar-refractivity contribution < 1.29 is 4.92 Å². The lowest BCUT2D eigenvalue weighted by Gasteiger charge is -2.57. The van der Waals surface area contributed by atoms with Crippen LogP contribution in [0.15, 0.2) is 18.2 Å². The fraction of sp³-hybridized carbons (Fsp3) is 0.625. The van der Waals surface area contributed by atoms with E-state index in [1.807, 2.05) is 0 Å². The minimum absolute atomic E-state index is 0.0354. The Balaban J connectivity index is 1.67. The zero-order chi connectivity index (χ0) is 14.6. The first-order valence-corrected chi connectivity index (χ1v) is 7.86. The van der Waals surface area contributed by atoms with Crippen molar-refractivity contribution in [1.82, 2.24) is 0 Å². The van der Waals surface area contributed by atoms with Crippen molar-refractivity contribution in [2.45, 2.75) is 44.1 Å². The van der Waals surface area contributed by atoms with Gasteiger partial charge in [0.15, 0.2) is 0 Å². The van der Waals surface area contributed by atoms with Gasteiger partial charge in [0.05, 0.1) is 4.92 Å². The minimum atomic E-state index is -0.363. The van der Waals surface area contributed by atoms with Gasteiger partial charge < -0.3 is 11.1 Å². The maximum Gasteiger partial charge on any atom is 0.314 e. The lowest BCUT2D eigenvalue weighted by Crippen LogP contribution is -2.54. The van der Waals surface area contributed by atoms with Crippen LogP contribution < -0.4 is 11.1 Å². The molecule has 4 aliphatic rings. The average Bonchev–Trinajstić information content (AvgIpc) is 2.35. The molecule has 112 valence electrons. The predicted octanol–water partition coefficient (Wildman–Crippen LogP) is 3.56. The molecule has 0 saturated heterocycles. The summed E-state index contributed by atoms with van der Waals surface area (Å²) in [5.74, 6) is 2.43. The fourth-order valence-corrected chi connectivity index (χ4v) is 5.42. The Morgan fingerprint density at radius 2 is 1.71 bits per heavy atom. The van der Waals surface area contributed by atoms with Crippen LogP contribution in [0.1, 0.15) is 38.5 Å². The maximum atomic E-state index is 11.3. The van der Waals surface area contributed by atoms with Gasteiger partial charge in [-0.3, -0.25) is 10.1 Å². The summed E-state index contributed by atoms with van der Waals surface area (Å²) in [6.07, 6.45) is 7.56. The van der Waals surface area contributed by atoms with Gasteiger partial charge in [-0.05, 0) is 68.4 Å². The molecule has 0 aliphatic heterocycles.